The standard InChI is InChI=1S/C15H12Cl2N2O3/c1-9(14(20)19-12-4-2-11(16)3-5-12)22-15(21)10-6-7-18-13(17)8-10/h2-9H,1H3,(H,19,20). The van der Waals surface area contributed by atoms with Crippen molar-refractivity contribution in [2.75, 3.05) is 5.32 Å². The zero-order valence-corrected chi connectivity index (χ0v) is 13.1. The third-order valence-corrected chi connectivity index (χ3v) is 3.19. The van der Waals surface area contributed by atoms with Gasteiger partial charge in [-0.15, -0.1) is 0 Å². The number of pyridine rings is 1. The van der Waals surface area contributed by atoms with Gasteiger partial charge in [0.1, 0.15) is 5.15 Å². The zero-order valence-electron chi connectivity index (χ0n) is 11.5. The summed E-state index contributed by atoms with van der Waals surface area (Å²) in [5.41, 5.74) is 0.787. The van der Waals surface area contributed by atoms with E-state index >= 15 is 0 Å². The first-order chi connectivity index (χ1) is 10.5. The second kappa shape index (κ2) is 7.24. The predicted molar refractivity (Wildman–Crippen MR) is 84.2 cm³/mol. The number of carbonyl (C=O) groups excluding carboxylic acids is 2. The molecule has 1 atom stereocenters. The number of esters is 1. The van der Waals surface area contributed by atoms with E-state index in [9.17, 15) is 9.59 Å². The second-order valence-corrected chi connectivity index (χ2v) is 5.23. The Bertz CT molecular complexity index is 689. The number of halogens is 2. The Kier molecular flexibility index (Phi) is 5.35. The first kappa shape index (κ1) is 16.3. The average molecular weight is 339 g/mol. The number of carbonyl (C=O) groups is 2. The number of amides is 1. The molecule has 7 heteroatoms. The summed E-state index contributed by atoms with van der Waals surface area (Å²) in [4.78, 5) is 27.6. The van der Waals surface area contributed by atoms with Crippen LogP contribution in [0.2, 0.25) is 10.2 Å². The van der Waals surface area contributed by atoms with E-state index in [0.29, 0.717) is 10.7 Å². The van der Waals surface area contributed by atoms with Crippen LogP contribution in [0.1, 0.15) is 17.3 Å². The SMILES string of the molecule is CC(OC(=O)c1ccnc(Cl)c1)C(=O)Nc1ccc(Cl)cc1. The normalized spacial score (nSPS) is 11.6. The summed E-state index contributed by atoms with van der Waals surface area (Å²) in [6, 6.07) is 9.42. The first-order valence-corrected chi connectivity index (χ1v) is 7.10. The number of anilines is 1. The van der Waals surface area contributed by atoms with Crippen molar-refractivity contribution < 1.29 is 14.3 Å². The molecule has 0 spiro atoms. The molecule has 1 unspecified atom stereocenters. The molecule has 114 valence electrons. The molecule has 1 aromatic heterocycles. The smallest absolute Gasteiger partial charge is 0.339 e. The fourth-order valence-corrected chi connectivity index (χ4v) is 1.89. The molecule has 0 aliphatic carbocycles. The summed E-state index contributed by atoms with van der Waals surface area (Å²) in [6.45, 7) is 1.48. The molecule has 0 aliphatic rings. The zero-order chi connectivity index (χ0) is 16.1. The Labute approximate surface area is 137 Å². The predicted octanol–water partition coefficient (Wildman–Crippen LogP) is 3.57. The highest BCUT2D eigenvalue weighted by Gasteiger charge is 2.19. The molecule has 2 aromatic rings. The third kappa shape index (κ3) is 4.44. The van der Waals surface area contributed by atoms with E-state index in [0.717, 1.165) is 0 Å². The molecule has 1 amide bonds. The summed E-state index contributed by atoms with van der Waals surface area (Å²) < 4.78 is 5.09. The van der Waals surface area contributed by atoms with Gasteiger partial charge < -0.3 is 10.1 Å². The van der Waals surface area contributed by atoms with Gasteiger partial charge in [0.2, 0.25) is 0 Å². The van der Waals surface area contributed by atoms with Gasteiger partial charge in [-0.2, -0.15) is 0 Å². The first-order valence-electron chi connectivity index (χ1n) is 6.34. The lowest BCUT2D eigenvalue weighted by molar-refractivity contribution is -0.123. The summed E-state index contributed by atoms with van der Waals surface area (Å²) in [5, 5.41) is 3.36. The summed E-state index contributed by atoms with van der Waals surface area (Å²) in [5.74, 6) is -1.10. The Morgan fingerprint density at radius 3 is 2.50 bits per heavy atom. The number of hydrogen-bond acceptors (Lipinski definition) is 4. The van der Waals surface area contributed by atoms with E-state index in [1.165, 1.54) is 25.3 Å². The van der Waals surface area contributed by atoms with Crippen LogP contribution in [0.15, 0.2) is 42.6 Å². The number of nitrogens with one attached hydrogen (secondary N) is 1. The van der Waals surface area contributed by atoms with Crippen LogP contribution in [0.25, 0.3) is 0 Å². The van der Waals surface area contributed by atoms with Crippen molar-refractivity contribution in [3.05, 3.63) is 58.3 Å². The molecule has 1 heterocycles. The average Bonchev–Trinajstić information content (AvgIpc) is 2.49. The highest BCUT2D eigenvalue weighted by atomic mass is 35.5. The number of aromatic nitrogens is 1. The van der Waals surface area contributed by atoms with Crippen LogP contribution in [0.4, 0.5) is 5.69 Å². The molecular weight excluding hydrogens is 327 g/mol. The maximum Gasteiger partial charge on any atom is 0.339 e. The molecule has 0 radical (unpaired) electrons. The highest BCUT2D eigenvalue weighted by molar-refractivity contribution is 6.30. The quantitative estimate of drug-likeness (QED) is 0.683. The van der Waals surface area contributed by atoms with Crippen LogP contribution in [0.5, 0.6) is 0 Å². The summed E-state index contributed by atoms with van der Waals surface area (Å²) in [7, 11) is 0. The maximum absolute atomic E-state index is 12.0. The van der Waals surface area contributed by atoms with Crippen molar-refractivity contribution in [3.63, 3.8) is 0 Å². The van der Waals surface area contributed by atoms with Gasteiger partial charge in [-0.05, 0) is 43.3 Å². The van der Waals surface area contributed by atoms with Crippen molar-refractivity contribution in [2.24, 2.45) is 0 Å². The summed E-state index contributed by atoms with van der Waals surface area (Å²) >= 11 is 11.5. The molecule has 1 N–H and O–H groups in total. The molecule has 0 bridgehead atoms. The van der Waals surface area contributed by atoms with E-state index in [2.05, 4.69) is 10.3 Å². The highest BCUT2D eigenvalue weighted by Crippen LogP contribution is 2.14. The Balaban J connectivity index is 1.96. The number of nitrogens with zero attached hydrogens (tertiary/aromatic N) is 1. The minimum atomic E-state index is -0.963. The molecular formula is C15H12Cl2N2O3. The fourth-order valence-electron chi connectivity index (χ4n) is 1.59. The van der Waals surface area contributed by atoms with Gasteiger partial charge in [0.05, 0.1) is 5.56 Å². The second-order valence-electron chi connectivity index (χ2n) is 4.41. The molecule has 0 aliphatic heterocycles. The fraction of sp³-hybridized carbons (Fsp3) is 0.133. The van der Waals surface area contributed by atoms with E-state index in [-0.39, 0.29) is 10.7 Å². The van der Waals surface area contributed by atoms with Gasteiger partial charge in [-0.1, -0.05) is 23.2 Å². The van der Waals surface area contributed by atoms with Crippen LogP contribution in [0.3, 0.4) is 0 Å². The third-order valence-electron chi connectivity index (χ3n) is 2.73. The number of rotatable bonds is 4. The topological polar surface area (TPSA) is 68.3 Å². The minimum absolute atomic E-state index is 0.174. The Morgan fingerprint density at radius 1 is 1.18 bits per heavy atom. The van der Waals surface area contributed by atoms with E-state index in [1.807, 2.05) is 0 Å². The maximum atomic E-state index is 12.0. The van der Waals surface area contributed by atoms with E-state index in [1.54, 1.807) is 24.3 Å². The molecule has 2 rings (SSSR count). The van der Waals surface area contributed by atoms with Crippen molar-refractivity contribution in [1.29, 1.82) is 0 Å². The number of benzene rings is 1. The largest absolute Gasteiger partial charge is 0.449 e. The monoisotopic (exact) mass is 338 g/mol. The van der Waals surface area contributed by atoms with Gasteiger partial charge in [0.25, 0.3) is 5.91 Å². The van der Waals surface area contributed by atoms with Crippen LogP contribution in [-0.4, -0.2) is 23.0 Å². The molecule has 0 saturated heterocycles. The molecule has 0 saturated carbocycles. The molecule has 1 aromatic carbocycles. The summed E-state index contributed by atoms with van der Waals surface area (Å²) in [6.07, 6.45) is 0.423. The van der Waals surface area contributed by atoms with Crippen molar-refractivity contribution in [3.8, 4) is 0 Å². The van der Waals surface area contributed by atoms with Crippen molar-refractivity contribution >= 4 is 40.8 Å². The molecule has 22 heavy (non-hydrogen) atoms. The van der Waals surface area contributed by atoms with Gasteiger partial charge >= 0.3 is 5.97 Å². The van der Waals surface area contributed by atoms with Crippen LogP contribution >= 0.6 is 23.2 Å². The van der Waals surface area contributed by atoms with Gasteiger partial charge in [-0.3, -0.25) is 4.79 Å². The van der Waals surface area contributed by atoms with Gasteiger partial charge in [-0.25, -0.2) is 9.78 Å². The Morgan fingerprint density at radius 2 is 1.86 bits per heavy atom. The Hall–Kier alpha value is -2.11. The van der Waals surface area contributed by atoms with Crippen molar-refractivity contribution in [1.82, 2.24) is 4.98 Å². The number of hydrogen-bond donors (Lipinski definition) is 1. The van der Waals surface area contributed by atoms with Gasteiger partial charge in [0.15, 0.2) is 6.10 Å². The van der Waals surface area contributed by atoms with Crippen molar-refractivity contribution in [2.45, 2.75) is 13.0 Å². The number of ether oxygens (including phenoxy) is 1. The van der Waals surface area contributed by atoms with Gasteiger partial charge in [0, 0.05) is 16.9 Å². The molecule has 5 nitrogen and oxygen atoms in total. The van der Waals surface area contributed by atoms with E-state index in [4.69, 9.17) is 27.9 Å². The van der Waals surface area contributed by atoms with E-state index < -0.39 is 18.0 Å². The van der Waals surface area contributed by atoms with Crippen LogP contribution < -0.4 is 5.32 Å². The lowest BCUT2D eigenvalue weighted by atomic mass is 10.2. The minimum Gasteiger partial charge on any atom is -0.449 e. The molecule has 0 fully saturated rings. The van der Waals surface area contributed by atoms with Crippen LogP contribution in [0, 0.1) is 0 Å². The van der Waals surface area contributed by atoms with Crippen LogP contribution in [-0.2, 0) is 9.53 Å². The lowest BCUT2D eigenvalue weighted by Gasteiger charge is -2.13. The lowest BCUT2D eigenvalue weighted by Crippen LogP contribution is -2.30.